The van der Waals surface area contributed by atoms with Crippen LogP contribution in [0.1, 0.15) is 91.6 Å². The van der Waals surface area contributed by atoms with E-state index in [9.17, 15) is 26.3 Å². The number of rotatable bonds is 8. The van der Waals surface area contributed by atoms with Crippen LogP contribution in [0.2, 0.25) is 0 Å². The second-order valence-corrected chi connectivity index (χ2v) is 20.4. The number of nitrogens with zero attached hydrogens (tertiary/aromatic N) is 12. The average molecular weight is 1100 g/mol. The monoisotopic (exact) mass is 1090 g/mol. The van der Waals surface area contributed by atoms with Gasteiger partial charge in [0.1, 0.15) is 46.5 Å². The molecule has 0 saturated carbocycles. The smallest absolute Gasteiger partial charge is 0.272 e. The van der Waals surface area contributed by atoms with Crippen molar-refractivity contribution < 1.29 is 18.3 Å². The second-order valence-electron chi connectivity index (χ2n) is 20.4. The number of nitriles is 5. The Hall–Kier alpha value is -12.5. The molecule has 4 aliphatic carbocycles. The fraction of sp³-hybridized carbons (Fsp3) is 0.118. The van der Waals surface area contributed by atoms with Crippen molar-refractivity contribution in [3.63, 3.8) is 0 Å². The molecule has 0 aliphatic heterocycles. The van der Waals surface area contributed by atoms with Crippen LogP contribution in [0.5, 0.6) is 5.75 Å². The minimum Gasteiger partial charge on any atom is -0.489 e. The molecule has 14 nitrogen and oxygen atoms in total. The summed E-state index contributed by atoms with van der Waals surface area (Å²) in [6, 6.07) is 30.0. The zero-order valence-corrected chi connectivity index (χ0v) is 45.7. The molecule has 0 amide bonds. The third-order valence-corrected chi connectivity index (χ3v) is 13.0. The van der Waals surface area contributed by atoms with Crippen molar-refractivity contribution in [1.82, 2.24) is 9.97 Å². The van der Waals surface area contributed by atoms with Gasteiger partial charge in [-0.25, -0.2) is 43.5 Å². The number of halogens is 2. The Kier molecular flexibility index (Phi) is 15.8. The summed E-state index contributed by atoms with van der Waals surface area (Å²) in [7, 11) is 0. The van der Waals surface area contributed by atoms with Crippen molar-refractivity contribution in [2.24, 2.45) is 0 Å². The molecule has 0 radical (unpaired) electrons. The Morgan fingerprint density at radius 2 is 1.15 bits per heavy atom. The second kappa shape index (κ2) is 23.0. The van der Waals surface area contributed by atoms with E-state index in [1.165, 1.54) is 36.8 Å². The van der Waals surface area contributed by atoms with Crippen LogP contribution in [-0.4, -0.2) is 21.2 Å². The summed E-state index contributed by atoms with van der Waals surface area (Å²) in [6.07, 6.45) is 9.01. The van der Waals surface area contributed by atoms with E-state index in [0.717, 1.165) is 5.56 Å². The maximum absolute atomic E-state index is 16.1. The molecule has 2 aromatic heterocycles. The van der Waals surface area contributed by atoms with Crippen LogP contribution in [0.15, 0.2) is 163 Å². The lowest BCUT2D eigenvalue weighted by Crippen LogP contribution is -2.22. The van der Waals surface area contributed by atoms with Crippen LogP contribution in [-0.2, 0) is 4.74 Å². The van der Waals surface area contributed by atoms with Gasteiger partial charge in [-0.2, -0.15) is 15.8 Å². The van der Waals surface area contributed by atoms with E-state index < -0.39 is 51.1 Å². The van der Waals surface area contributed by atoms with Crippen molar-refractivity contribution in [1.29, 1.82) is 26.3 Å². The molecule has 0 fully saturated rings. The zero-order valence-electron chi connectivity index (χ0n) is 45.7. The summed E-state index contributed by atoms with van der Waals surface area (Å²) in [5.74, 6) is -1.19. The van der Waals surface area contributed by atoms with E-state index in [2.05, 4.69) is 59.5 Å². The molecule has 0 spiro atoms. The lowest BCUT2D eigenvalue weighted by molar-refractivity contribution is 0.0609. The predicted octanol–water partition coefficient (Wildman–Crippen LogP) is 16.5. The Labute approximate surface area is 484 Å². The summed E-state index contributed by atoms with van der Waals surface area (Å²) in [4.78, 5) is 25.8. The number of allylic oxidation sites excluding steroid dienone is 16. The van der Waals surface area contributed by atoms with Crippen LogP contribution in [0.25, 0.3) is 97.1 Å². The standard InChI is InChI=1S/C38H32N4O2.C30H8F2N8/c1-23(11-12-24(2)43-37(3,4)5)34-27(17-18-39)28-19-30-31(20-29(28)32(34)21-40)36(42-10)35(33(30)22-41-9)25-13-15-26(16-14-25)44-38(6,7)8;1-36-18(13-34)23-25-20(15(12-33)28(23)31)21(16-8-4-6-10-39-16)27-26(22(25)17-9-5-7-11-40-17)24(19(14-35)37-2)29(32)30(27)38-3/h11-17,19-20,22H,1-2H2,3-8H3;4-11H/b12-11-,27-17-,33-22-;23-18+,24-19-. The molecule has 0 N–H and O–H groups in total. The molecule has 0 bridgehead atoms. The molecular weight excluding hydrogens is 1050 g/mol. The van der Waals surface area contributed by atoms with Crippen LogP contribution in [0.3, 0.4) is 0 Å². The Bertz CT molecular complexity index is 4430. The molecular formula is C68H40F2N12O2. The molecule has 5 aromatic rings. The highest BCUT2D eigenvalue weighted by atomic mass is 19.1. The number of hydrogen-bond acceptors (Lipinski definition) is 9. The van der Waals surface area contributed by atoms with Gasteiger partial charge in [-0.05, 0) is 140 Å². The predicted molar refractivity (Wildman–Crippen MR) is 315 cm³/mol. The van der Waals surface area contributed by atoms with Gasteiger partial charge in [0.05, 0.1) is 73.6 Å². The van der Waals surface area contributed by atoms with E-state index in [1.807, 2.05) is 77.9 Å². The summed E-state index contributed by atoms with van der Waals surface area (Å²) in [6.45, 7) is 58.4. The molecule has 84 heavy (non-hydrogen) atoms. The molecule has 3 aromatic carbocycles. The molecule has 16 heteroatoms. The minimum atomic E-state index is -1.16. The number of hydrogen-bond donors (Lipinski definition) is 0. The van der Waals surface area contributed by atoms with Gasteiger partial charge in [-0.15, -0.1) is 0 Å². The first-order valence-electron chi connectivity index (χ1n) is 25.1. The summed E-state index contributed by atoms with van der Waals surface area (Å²) >= 11 is 0. The first kappa shape index (κ1) is 57.6. The van der Waals surface area contributed by atoms with Gasteiger partial charge in [0.2, 0.25) is 11.4 Å². The SMILES string of the molecule is [C-]#[N+]/C=C1\C(c2ccc(OC(C)(C)C)cc2)=C([N+]#[C-])c2cc3c(cc21)/C(=C/C#N)C(C(=C)/C=C\C(=C)OC(C)(C)C)=C3C#N.[C-]#[N+]C1=C(F)/C(=C(/C#N)[N+]#[C-])c2c1c(-c1ccccn1)c1c(c2-c2ccccn2)/C(=C(/C#N)[N+]#[C-])C(F)=C1C#N. The number of fused-ring (bicyclic) bond motifs is 4. The van der Waals surface area contributed by atoms with Gasteiger partial charge in [-0.1, -0.05) is 49.6 Å². The van der Waals surface area contributed by atoms with E-state index in [1.54, 1.807) is 54.6 Å². The van der Waals surface area contributed by atoms with Crippen LogP contribution >= 0.6 is 0 Å². The minimum absolute atomic E-state index is 0.0207. The topological polar surface area (TPSA) is 185 Å². The molecule has 4 aliphatic rings. The summed E-state index contributed by atoms with van der Waals surface area (Å²) < 4.78 is 43.9. The highest BCUT2D eigenvalue weighted by Gasteiger charge is 2.44. The van der Waals surface area contributed by atoms with Gasteiger partial charge in [0.15, 0.2) is 6.20 Å². The van der Waals surface area contributed by atoms with E-state index in [4.69, 9.17) is 42.3 Å². The van der Waals surface area contributed by atoms with Gasteiger partial charge in [-0.3, -0.25) is 9.97 Å². The van der Waals surface area contributed by atoms with Crippen LogP contribution < -0.4 is 4.74 Å². The zero-order chi connectivity index (χ0) is 60.9. The molecule has 2 heterocycles. The van der Waals surface area contributed by atoms with Gasteiger partial charge in [0.25, 0.3) is 11.4 Å². The summed E-state index contributed by atoms with van der Waals surface area (Å²) in [5.41, 5.74) is 2.28. The highest BCUT2D eigenvalue weighted by molar-refractivity contribution is 6.24. The fourth-order valence-electron chi connectivity index (χ4n) is 10.1. The quantitative estimate of drug-likeness (QED) is 0.0631. The fourth-order valence-corrected chi connectivity index (χ4v) is 10.1. The van der Waals surface area contributed by atoms with E-state index >= 15 is 8.78 Å². The van der Waals surface area contributed by atoms with Crippen molar-refractivity contribution in [2.45, 2.75) is 52.7 Å². The Morgan fingerprint density at radius 1 is 0.607 bits per heavy atom. The van der Waals surface area contributed by atoms with Crippen molar-refractivity contribution in [2.75, 3.05) is 0 Å². The first-order chi connectivity index (χ1) is 40.2. The normalized spacial score (nSPS) is 15.7. The lowest BCUT2D eigenvalue weighted by Gasteiger charge is -2.22. The Morgan fingerprint density at radius 3 is 1.64 bits per heavy atom. The molecule has 0 saturated heterocycles. The van der Waals surface area contributed by atoms with Crippen molar-refractivity contribution >= 4 is 50.4 Å². The van der Waals surface area contributed by atoms with Gasteiger partial charge in [0, 0.05) is 68.6 Å². The maximum atomic E-state index is 16.1. The number of benzene rings is 3. The largest absolute Gasteiger partial charge is 0.489 e. The lowest BCUT2D eigenvalue weighted by atomic mass is 9.81. The van der Waals surface area contributed by atoms with Crippen molar-refractivity contribution in [3.05, 3.63) is 270 Å². The average Bonchev–Trinajstić information content (AvgIpc) is 2.84. The molecule has 0 unspecified atom stereocenters. The van der Waals surface area contributed by atoms with Crippen molar-refractivity contribution in [3.8, 4) is 58.6 Å². The third kappa shape index (κ3) is 10.2. The Balaban J connectivity index is 0.000000220. The highest BCUT2D eigenvalue weighted by Crippen LogP contribution is 2.60. The number of pyridine rings is 2. The third-order valence-electron chi connectivity index (χ3n) is 13.0. The molecule has 9 rings (SSSR count). The number of ether oxygens (including phenoxy) is 2. The van der Waals surface area contributed by atoms with Crippen LogP contribution in [0.4, 0.5) is 8.78 Å². The number of aromatic nitrogens is 2. The maximum Gasteiger partial charge on any atom is 0.272 e. The summed E-state index contributed by atoms with van der Waals surface area (Å²) in [5, 5.41) is 49.6. The van der Waals surface area contributed by atoms with E-state index in [0.29, 0.717) is 72.9 Å². The van der Waals surface area contributed by atoms with Gasteiger partial charge < -0.3 is 9.47 Å². The van der Waals surface area contributed by atoms with Crippen LogP contribution in [0, 0.1) is 89.5 Å². The first-order valence-corrected chi connectivity index (χ1v) is 25.1. The van der Waals surface area contributed by atoms with E-state index in [-0.39, 0.29) is 50.4 Å². The molecule has 0 atom stereocenters. The van der Waals surface area contributed by atoms with Gasteiger partial charge >= 0.3 is 0 Å². The molecule has 398 valence electrons.